The molecule has 0 radical (unpaired) electrons. The minimum atomic E-state index is 0.581. The van der Waals surface area contributed by atoms with Crippen LogP contribution >= 0.6 is 0 Å². The van der Waals surface area contributed by atoms with Crippen LogP contribution in [0.5, 0.6) is 0 Å². The molecule has 0 aromatic carbocycles. The summed E-state index contributed by atoms with van der Waals surface area (Å²) in [6.45, 7) is 10.1. The molecule has 0 amide bonds. The molecule has 1 saturated heterocycles. The lowest BCUT2D eigenvalue weighted by atomic mass is 9.99. The summed E-state index contributed by atoms with van der Waals surface area (Å²) in [5, 5.41) is 3.63. The van der Waals surface area contributed by atoms with E-state index in [4.69, 9.17) is 4.74 Å². The van der Waals surface area contributed by atoms with Gasteiger partial charge in [0.15, 0.2) is 0 Å². The van der Waals surface area contributed by atoms with Crippen molar-refractivity contribution in [3.63, 3.8) is 0 Å². The molecule has 1 N–H and O–H groups in total. The van der Waals surface area contributed by atoms with Gasteiger partial charge in [0.05, 0.1) is 6.61 Å². The first-order valence-electron chi connectivity index (χ1n) is 5.68. The summed E-state index contributed by atoms with van der Waals surface area (Å²) in [4.78, 5) is 0. The summed E-state index contributed by atoms with van der Waals surface area (Å²) < 4.78 is 5.38. The lowest BCUT2D eigenvalue weighted by Gasteiger charge is -2.23. The van der Waals surface area contributed by atoms with Crippen LogP contribution in [0, 0.1) is 5.92 Å². The maximum absolute atomic E-state index is 5.38. The standard InChI is InChI=1S/C12H23NO/c1-4-5-6-10(2)13-11(3)12-7-8-14-9-12/h4,10-13H,1,5-9H2,2-3H3. The van der Waals surface area contributed by atoms with E-state index in [1.165, 1.54) is 12.8 Å². The van der Waals surface area contributed by atoms with Gasteiger partial charge in [-0.15, -0.1) is 6.58 Å². The van der Waals surface area contributed by atoms with Crippen molar-refractivity contribution in [1.29, 1.82) is 0 Å². The third-order valence-electron chi connectivity index (χ3n) is 3.02. The Kier molecular flexibility index (Phi) is 5.20. The van der Waals surface area contributed by atoms with E-state index in [2.05, 4.69) is 25.7 Å². The van der Waals surface area contributed by atoms with E-state index < -0.39 is 0 Å². The average Bonchev–Trinajstić information content (AvgIpc) is 2.67. The molecule has 3 atom stereocenters. The van der Waals surface area contributed by atoms with Crippen molar-refractivity contribution in [2.75, 3.05) is 13.2 Å². The van der Waals surface area contributed by atoms with Gasteiger partial charge in [-0.25, -0.2) is 0 Å². The molecule has 0 aromatic rings. The molecule has 2 heteroatoms. The van der Waals surface area contributed by atoms with Gasteiger partial charge in [0.1, 0.15) is 0 Å². The van der Waals surface area contributed by atoms with Gasteiger partial charge in [0.2, 0.25) is 0 Å². The van der Waals surface area contributed by atoms with Crippen LogP contribution in [0.4, 0.5) is 0 Å². The van der Waals surface area contributed by atoms with Gasteiger partial charge in [0, 0.05) is 18.7 Å². The Morgan fingerprint density at radius 1 is 1.57 bits per heavy atom. The van der Waals surface area contributed by atoms with Crippen LogP contribution in [0.3, 0.4) is 0 Å². The Morgan fingerprint density at radius 3 is 2.93 bits per heavy atom. The Balaban J connectivity index is 2.17. The molecule has 1 heterocycles. The maximum Gasteiger partial charge on any atom is 0.0509 e. The van der Waals surface area contributed by atoms with Crippen LogP contribution in [-0.2, 0) is 4.74 Å². The predicted molar refractivity (Wildman–Crippen MR) is 60.4 cm³/mol. The molecule has 0 bridgehead atoms. The summed E-state index contributed by atoms with van der Waals surface area (Å²) in [7, 11) is 0. The minimum Gasteiger partial charge on any atom is -0.381 e. The zero-order valence-corrected chi connectivity index (χ0v) is 9.46. The van der Waals surface area contributed by atoms with Gasteiger partial charge in [0.25, 0.3) is 0 Å². The molecule has 0 aliphatic carbocycles. The van der Waals surface area contributed by atoms with Crippen molar-refractivity contribution < 1.29 is 4.74 Å². The number of nitrogens with one attached hydrogen (secondary N) is 1. The van der Waals surface area contributed by atoms with Crippen molar-refractivity contribution in [3.8, 4) is 0 Å². The number of rotatable bonds is 6. The molecule has 1 aliphatic heterocycles. The molecular formula is C12H23NO. The average molecular weight is 197 g/mol. The summed E-state index contributed by atoms with van der Waals surface area (Å²) in [5.41, 5.74) is 0. The first-order chi connectivity index (χ1) is 6.74. The zero-order chi connectivity index (χ0) is 10.4. The van der Waals surface area contributed by atoms with Crippen molar-refractivity contribution in [2.45, 2.75) is 45.2 Å². The van der Waals surface area contributed by atoms with E-state index in [0.29, 0.717) is 18.0 Å². The molecule has 82 valence electrons. The summed E-state index contributed by atoms with van der Waals surface area (Å²) >= 11 is 0. The van der Waals surface area contributed by atoms with Crippen molar-refractivity contribution in [3.05, 3.63) is 12.7 Å². The van der Waals surface area contributed by atoms with Gasteiger partial charge in [-0.3, -0.25) is 0 Å². The fourth-order valence-electron chi connectivity index (χ4n) is 1.98. The second-order valence-corrected chi connectivity index (χ2v) is 4.35. The quantitative estimate of drug-likeness (QED) is 0.660. The largest absolute Gasteiger partial charge is 0.381 e. The molecule has 0 spiro atoms. The lowest BCUT2D eigenvalue weighted by molar-refractivity contribution is 0.176. The van der Waals surface area contributed by atoms with Crippen LogP contribution in [0.1, 0.15) is 33.1 Å². The van der Waals surface area contributed by atoms with Gasteiger partial charge >= 0.3 is 0 Å². The van der Waals surface area contributed by atoms with Crippen molar-refractivity contribution >= 4 is 0 Å². The monoisotopic (exact) mass is 197 g/mol. The molecule has 0 saturated carbocycles. The van der Waals surface area contributed by atoms with Crippen molar-refractivity contribution in [1.82, 2.24) is 5.32 Å². The molecule has 1 aliphatic rings. The number of hydrogen-bond acceptors (Lipinski definition) is 2. The van der Waals surface area contributed by atoms with Crippen LogP contribution in [0.2, 0.25) is 0 Å². The van der Waals surface area contributed by atoms with Gasteiger partial charge in [-0.1, -0.05) is 6.08 Å². The Morgan fingerprint density at radius 2 is 2.36 bits per heavy atom. The first-order valence-corrected chi connectivity index (χ1v) is 5.68. The number of hydrogen-bond donors (Lipinski definition) is 1. The van der Waals surface area contributed by atoms with Crippen LogP contribution in [0.25, 0.3) is 0 Å². The Hall–Kier alpha value is -0.340. The third-order valence-corrected chi connectivity index (χ3v) is 3.02. The van der Waals surface area contributed by atoms with E-state index in [9.17, 15) is 0 Å². The Bertz CT molecular complexity index is 164. The lowest BCUT2D eigenvalue weighted by Crippen LogP contribution is -2.39. The SMILES string of the molecule is C=CCCC(C)NC(C)C1CCOC1. The smallest absolute Gasteiger partial charge is 0.0509 e. The van der Waals surface area contributed by atoms with E-state index in [1.807, 2.05) is 6.08 Å². The highest BCUT2D eigenvalue weighted by Crippen LogP contribution is 2.17. The molecule has 0 aromatic heterocycles. The third kappa shape index (κ3) is 3.81. The van der Waals surface area contributed by atoms with Crippen LogP contribution < -0.4 is 5.32 Å². The fraction of sp³-hybridized carbons (Fsp3) is 0.833. The first kappa shape index (κ1) is 11.7. The van der Waals surface area contributed by atoms with Gasteiger partial charge < -0.3 is 10.1 Å². The summed E-state index contributed by atoms with van der Waals surface area (Å²) in [6.07, 6.45) is 5.48. The number of allylic oxidation sites excluding steroid dienone is 1. The van der Waals surface area contributed by atoms with Crippen molar-refractivity contribution in [2.24, 2.45) is 5.92 Å². The minimum absolute atomic E-state index is 0.581. The highest BCUT2D eigenvalue weighted by molar-refractivity contribution is 4.79. The predicted octanol–water partition coefficient (Wildman–Crippen LogP) is 2.36. The molecule has 1 rings (SSSR count). The van der Waals surface area contributed by atoms with E-state index in [1.54, 1.807) is 0 Å². The molecular weight excluding hydrogens is 174 g/mol. The molecule has 1 fully saturated rings. The second kappa shape index (κ2) is 6.20. The summed E-state index contributed by atoms with van der Waals surface area (Å²) in [6, 6.07) is 1.17. The molecule has 2 nitrogen and oxygen atoms in total. The van der Waals surface area contributed by atoms with E-state index in [-0.39, 0.29) is 0 Å². The highest BCUT2D eigenvalue weighted by Gasteiger charge is 2.22. The second-order valence-electron chi connectivity index (χ2n) is 4.35. The number of ether oxygens (including phenoxy) is 1. The zero-order valence-electron chi connectivity index (χ0n) is 9.46. The maximum atomic E-state index is 5.38. The van der Waals surface area contributed by atoms with E-state index >= 15 is 0 Å². The molecule has 3 unspecified atom stereocenters. The fourth-order valence-corrected chi connectivity index (χ4v) is 1.98. The highest BCUT2D eigenvalue weighted by atomic mass is 16.5. The summed E-state index contributed by atoms with van der Waals surface area (Å²) in [5.74, 6) is 0.709. The molecule has 14 heavy (non-hydrogen) atoms. The Labute approximate surface area is 87.7 Å². The van der Waals surface area contributed by atoms with Gasteiger partial charge in [-0.2, -0.15) is 0 Å². The van der Waals surface area contributed by atoms with E-state index in [0.717, 1.165) is 19.6 Å². The van der Waals surface area contributed by atoms with Crippen LogP contribution in [0.15, 0.2) is 12.7 Å². The van der Waals surface area contributed by atoms with Crippen LogP contribution in [-0.4, -0.2) is 25.3 Å². The normalized spacial score (nSPS) is 26.0. The van der Waals surface area contributed by atoms with Gasteiger partial charge in [-0.05, 0) is 39.0 Å². The topological polar surface area (TPSA) is 21.3 Å².